The molecule has 2 aliphatic rings. The van der Waals surface area contributed by atoms with Crippen molar-refractivity contribution < 1.29 is 9.21 Å². The number of likely N-dealkylation sites (N-methyl/N-ethyl adjacent to an activating group) is 1. The van der Waals surface area contributed by atoms with Crippen LogP contribution in [0.4, 0.5) is 0 Å². The Morgan fingerprint density at radius 3 is 2.52 bits per heavy atom. The Hall–Kier alpha value is -1.31. The third-order valence-electron chi connectivity index (χ3n) is 6.47. The molecule has 1 aliphatic carbocycles. The lowest BCUT2D eigenvalue weighted by Gasteiger charge is -2.49. The second kappa shape index (κ2) is 7.60. The van der Waals surface area contributed by atoms with Crippen LogP contribution in [0.2, 0.25) is 0 Å². The first-order valence-electron chi connectivity index (χ1n) is 9.95. The van der Waals surface area contributed by atoms with E-state index in [4.69, 9.17) is 4.42 Å². The van der Waals surface area contributed by atoms with Crippen LogP contribution in [0.3, 0.4) is 0 Å². The first kappa shape index (κ1) is 19.0. The Labute approximate surface area is 169 Å². The van der Waals surface area contributed by atoms with E-state index in [-0.39, 0.29) is 11.4 Å². The molecule has 1 N–H and O–H groups in total. The molecule has 6 nitrogen and oxygen atoms in total. The summed E-state index contributed by atoms with van der Waals surface area (Å²) < 4.78 is 8.19. The molecule has 1 saturated carbocycles. The highest BCUT2D eigenvalue weighted by Crippen LogP contribution is 2.34. The zero-order chi connectivity index (χ0) is 19.0. The Balaban J connectivity index is 1.49. The molecule has 2 fully saturated rings. The molecule has 0 radical (unpaired) electrons. The maximum atomic E-state index is 12.9. The van der Waals surface area contributed by atoms with Crippen molar-refractivity contribution in [3.63, 3.8) is 0 Å². The number of hydrogen-bond donors (Lipinski definition) is 1. The minimum atomic E-state index is -0.0147. The average molecular weight is 437 g/mol. The molecule has 0 spiro atoms. The number of halogens is 1. The van der Waals surface area contributed by atoms with Gasteiger partial charge in [-0.25, -0.2) is 0 Å². The van der Waals surface area contributed by atoms with E-state index in [1.165, 1.54) is 32.1 Å². The zero-order valence-corrected chi connectivity index (χ0v) is 17.8. The monoisotopic (exact) mass is 436 g/mol. The predicted molar refractivity (Wildman–Crippen MR) is 110 cm³/mol. The van der Waals surface area contributed by atoms with E-state index < -0.39 is 0 Å². The predicted octanol–water partition coefficient (Wildman–Crippen LogP) is 3.21. The second-order valence-corrected chi connectivity index (χ2v) is 8.93. The van der Waals surface area contributed by atoms with Crippen molar-refractivity contribution in [1.29, 1.82) is 0 Å². The zero-order valence-electron chi connectivity index (χ0n) is 16.3. The highest BCUT2D eigenvalue weighted by molar-refractivity contribution is 9.10. The Kier molecular flexibility index (Phi) is 5.36. The molecule has 2 aromatic rings. The van der Waals surface area contributed by atoms with Crippen LogP contribution >= 0.6 is 15.9 Å². The van der Waals surface area contributed by atoms with Crippen LogP contribution in [0, 0.1) is 0 Å². The second-order valence-electron chi connectivity index (χ2n) is 8.15. The number of aryl methyl sites for hydroxylation is 1. The molecule has 1 saturated heterocycles. The van der Waals surface area contributed by atoms with Gasteiger partial charge in [-0.05, 0) is 35.8 Å². The fraction of sp³-hybridized carbons (Fsp3) is 0.650. The summed E-state index contributed by atoms with van der Waals surface area (Å²) in [5, 5.41) is 3.26. The van der Waals surface area contributed by atoms with Crippen molar-refractivity contribution in [2.45, 2.75) is 37.6 Å². The van der Waals surface area contributed by atoms with Gasteiger partial charge in [-0.15, -0.1) is 0 Å². The number of hydrogen-bond acceptors (Lipinski definition) is 4. The first-order valence-corrected chi connectivity index (χ1v) is 10.7. The maximum absolute atomic E-state index is 12.9. The molecular formula is C20H29BrN4O2. The van der Waals surface area contributed by atoms with E-state index in [1.807, 2.05) is 23.7 Å². The van der Waals surface area contributed by atoms with Gasteiger partial charge in [0.05, 0.1) is 5.52 Å². The quantitative estimate of drug-likeness (QED) is 0.798. The van der Waals surface area contributed by atoms with E-state index in [1.54, 1.807) is 0 Å². The lowest BCUT2D eigenvalue weighted by Crippen LogP contribution is -2.61. The fourth-order valence-electron chi connectivity index (χ4n) is 4.73. The van der Waals surface area contributed by atoms with Gasteiger partial charge >= 0.3 is 0 Å². The van der Waals surface area contributed by atoms with Crippen molar-refractivity contribution in [1.82, 2.24) is 19.7 Å². The smallest absolute Gasteiger partial charge is 0.268 e. The van der Waals surface area contributed by atoms with Crippen molar-refractivity contribution in [3.8, 4) is 0 Å². The maximum Gasteiger partial charge on any atom is 0.268 e. The lowest BCUT2D eigenvalue weighted by atomic mass is 9.79. The van der Waals surface area contributed by atoms with Gasteiger partial charge in [0, 0.05) is 57.4 Å². The number of furan rings is 1. The van der Waals surface area contributed by atoms with E-state index in [2.05, 4.69) is 38.1 Å². The minimum Gasteiger partial charge on any atom is -0.448 e. The van der Waals surface area contributed by atoms with Gasteiger partial charge in [0.2, 0.25) is 0 Å². The third kappa shape index (κ3) is 3.69. The van der Waals surface area contributed by atoms with Gasteiger partial charge in [-0.1, -0.05) is 19.3 Å². The Morgan fingerprint density at radius 2 is 1.85 bits per heavy atom. The van der Waals surface area contributed by atoms with Crippen molar-refractivity contribution in [2.75, 3.05) is 39.8 Å². The fourth-order valence-corrected chi connectivity index (χ4v) is 5.12. The Morgan fingerprint density at radius 1 is 1.15 bits per heavy atom. The number of rotatable bonds is 4. The molecule has 0 bridgehead atoms. The van der Waals surface area contributed by atoms with Crippen molar-refractivity contribution >= 4 is 32.9 Å². The van der Waals surface area contributed by atoms with Gasteiger partial charge in [0.1, 0.15) is 5.69 Å². The number of amides is 1. The minimum absolute atomic E-state index is 0.0147. The number of carbonyl (C=O) groups excluding carboxylic acids is 1. The average Bonchev–Trinajstić information content (AvgIpc) is 3.18. The largest absolute Gasteiger partial charge is 0.448 e. The van der Waals surface area contributed by atoms with Crippen LogP contribution in [0.15, 0.2) is 21.2 Å². The molecule has 0 aromatic carbocycles. The number of carbonyl (C=O) groups is 1. The first-order chi connectivity index (χ1) is 13.0. The van der Waals surface area contributed by atoms with Crippen LogP contribution in [0.1, 0.15) is 42.6 Å². The van der Waals surface area contributed by atoms with Crippen LogP contribution in [0.5, 0.6) is 0 Å². The summed E-state index contributed by atoms with van der Waals surface area (Å²) in [5.41, 5.74) is 2.43. The number of nitrogens with zero attached hydrogens (tertiary/aromatic N) is 3. The molecule has 1 amide bonds. The summed E-state index contributed by atoms with van der Waals surface area (Å²) in [6, 6.07) is 3.73. The third-order valence-corrected chi connectivity index (χ3v) is 6.86. The Bertz CT molecular complexity index is 813. The van der Waals surface area contributed by atoms with Crippen LogP contribution in [0.25, 0.3) is 11.1 Å². The molecule has 0 unspecified atom stereocenters. The standard InChI is InChI=1S/C20H29BrN4O2/c1-23-8-10-25(11-9-23)20(6-4-3-5-7-20)14-22-19(26)16-12-17-15(24(16)2)13-18(21)27-17/h12-13H,3-11,14H2,1-2H3,(H,22,26). The molecule has 1 aliphatic heterocycles. The molecular weight excluding hydrogens is 408 g/mol. The van der Waals surface area contributed by atoms with Gasteiger partial charge in [-0.2, -0.15) is 0 Å². The van der Waals surface area contributed by atoms with E-state index in [0.717, 1.165) is 43.8 Å². The molecule has 148 valence electrons. The van der Waals surface area contributed by atoms with Gasteiger partial charge in [0.25, 0.3) is 5.91 Å². The molecule has 2 aromatic heterocycles. The highest BCUT2D eigenvalue weighted by atomic mass is 79.9. The molecule has 4 rings (SSSR count). The number of piperazine rings is 1. The number of nitrogens with one attached hydrogen (secondary N) is 1. The van der Waals surface area contributed by atoms with E-state index >= 15 is 0 Å². The van der Waals surface area contributed by atoms with E-state index in [0.29, 0.717) is 10.4 Å². The van der Waals surface area contributed by atoms with E-state index in [9.17, 15) is 4.79 Å². The van der Waals surface area contributed by atoms with Gasteiger partial charge in [-0.3, -0.25) is 9.69 Å². The van der Waals surface area contributed by atoms with Gasteiger partial charge in [0.15, 0.2) is 10.3 Å². The topological polar surface area (TPSA) is 53.6 Å². The van der Waals surface area contributed by atoms with Crippen molar-refractivity contribution in [3.05, 3.63) is 22.5 Å². The normalized spacial score (nSPS) is 21.6. The van der Waals surface area contributed by atoms with Gasteiger partial charge < -0.3 is 19.2 Å². The van der Waals surface area contributed by atoms with Crippen molar-refractivity contribution in [2.24, 2.45) is 7.05 Å². The molecule has 27 heavy (non-hydrogen) atoms. The summed E-state index contributed by atoms with van der Waals surface area (Å²) in [5.74, 6) is -0.0147. The highest BCUT2D eigenvalue weighted by Gasteiger charge is 2.39. The van der Waals surface area contributed by atoms with Crippen LogP contribution in [-0.2, 0) is 7.05 Å². The molecule has 3 heterocycles. The van der Waals surface area contributed by atoms with Crippen LogP contribution < -0.4 is 5.32 Å². The number of fused-ring (bicyclic) bond motifs is 1. The van der Waals surface area contributed by atoms with Crippen LogP contribution in [-0.4, -0.2) is 65.6 Å². The lowest BCUT2D eigenvalue weighted by molar-refractivity contribution is 0.0138. The summed E-state index contributed by atoms with van der Waals surface area (Å²) in [7, 11) is 4.10. The SMILES string of the molecule is CN1CCN(C2(CNC(=O)c3cc4oc(Br)cc4n3C)CCCCC2)CC1. The number of aromatic nitrogens is 1. The summed E-state index contributed by atoms with van der Waals surface area (Å²) >= 11 is 3.35. The summed E-state index contributed by atoms with van der Waals surface area (Å²) in [6.45, 7) is 5.14. The summed E-state index contributed by atoms with van der Waals surface area (Å²) in [6.07, 6.45) is 6.19. The molecule has 7 heteroatoms. The summed E-state index contributed by atoms with van der Waals surface area (Å²) in [4.78, 5) is 18.0. The molecule has 0 atom stereocenters.